The van der Waals surface area contributed by atoms with Crippen LogP contribution in [0.25, 0.3) is 0 Å². The molecule has 0 radical (unpaired) electrons. The third-order valence-corrected chi connectivity index (χ3v) is 4.34. The number of rotatable bonds is 5. The van der Waals surface area contributed by atoms with Crippen LogP contribution in [-0.4, -0.2) is 28.3 Å². The highest BCUT2D eigenvalue weighted by Crippen LogP contribution is 2.38. The smallest absolute Gasteiger partial charge is 0.203 e. The van der Waals surface area contributed by atoms with Crippen molar-refractivity contribution in [3.05, 3.63) is 11.9 Å². The molecule has 1 N–H and O–H groups in total. The molecule has 0 amide bonds. The van der Waals surface area contributed by atoms with Gasteiger partial charge in [0.2, 0.25) is 5.95 Å². The van der Waals surface area contributed by atoms with Gasteiger partial charge in [-0.05, 0) is 39.5 Å². The van der Waals surface area contributed by atoms with Crippen LogP contribution in [0, 0.1) is 6.92 Å². The summed E-state index contributed by atoms with van der Waals surface area (Å²) in [5.74, 6) is 1.01. The van der Waals surface area contributed by atoms with Crippen LogP contribution in [0.15, 0.2) is 6.20 Å². The Hall–Kier alpha value is -1.03. The Bertz CT molecular complexity index is 410. The van der Waals surface area contributed by atoms with E-state index in [9.17, 15) is 0 Å². The van der Waals surface area contributed by atoms with Gasteiger partial charge in [-0.2, -0.15) is 0 Å². The van der Waals surface area contributed by atoms with Gasteiger partial charge in [0.05, 0.1) is 11.3 Å². The van der Waals surface area contributed by atoms with E-state index in [0.29, 0.717) is 6.04 Å². The van der Waals surface area contributed by atoms with E-state index in [1.165, 1.54) is 0 Å². The summed E-state index contributed by atoms with van der Waals surface area (Å²) >= 11 is 0. The molecule has 108 valence electrons. The van der Waals surface area contributed by atoms with Gasteiger partial charge in [-0.25, -0.2) is 4.98 Å². The topological polar surface area (TPSA) is 39.1 Å². The summed E-state index contributed by atoms with van der Waals surface area (Å²) < 4.78 is 8.39. The third-order valence-electron chi connectivity index (χ3n) is 4.34. The number of nitrogens with zero attached hydrogens (tertiary/aromatic N) is 2. The van der Waals surface area contributed by atoms with Crippen molar-refractivity contribution in [1.29, 1.82) is 0 Å². The molecule has 1 unspecified atom stereocenters. The molecular formula is C15H27N3O. The average Bonchev–Trinajstić information content (AvgIpc) is 2.80. The molecule has 1 aliphatic heterocycles. The first-order valence-corrected chi connectivity index (χ1v) is 7.57. The van der Waals surface area contributed by atoms with Gasteiger partial charge in [-0.1, -0.05) is 13.8 Å². The van der Waals surface area contributed by atoms with Crippen LogP contribution in [0.1, 0.15) is 58.2 Å². The Morgan fingerprint density at radius 1 is 1.42 bits per heavy atom. The molecule has 1 atom stereocenters. The molecule has 0 aromatic carbocycles. The van der Waals surface area contributed by atoms with Crippen molar-refractivity contribution in [2.45, 2.75) is 65.0 Å². The molecule has 0 spiro atoms. The summed E-state index contributed by atoms with van der Waals surface area (Å²) in [6, 6.07) is 0.504. The number of aromatic nitrogens is 2. The van der Waals surface area contributed by atoms with Crippen LogP contribution < -0.4 is 5.32 Å². The van der Waals surface area contributed by atoms with Crippen LogP contribution in [0.4, 0.5) is 5.95 Å². The maximum atomic E-state index is 6.07. The molecule has 0 saturated carbocycles. The van der Waals surface area contributed by atoms with Gasteiger partial charge in [0.15, 0.2) is 0 Å². The fourth-order valence-electron chi connectivity index (χ4n) is 3.07. The van der Waals surface area contributed by atoms with Crippen LogP contribution in [0.3, 0.4) is 0 Å². The maximum Gasteiger partial charge on any atom is 0.203 e. The predicted octanol–water partition coefficient (Wildman–Crippen LogP) is 3.53. The lowest BCUT2D eigenvalue weighted by Crippen LogP contribution is -2.39. The lowest BCUT2D eigenvalue weighted by molar-refractivity contribution is -0.0984. The molecule has 1 saturated heterocycles. The molecule has 0 aliphatic carbocycles. The Morgan fingerprint density at radius 2 is 2.16 bits per heavy atom. The van der Waals surface area contributed by atoms with Gasteiger partial charge >= 0.3 is 0 Å². The Labute approximate surface area is 116 Å². The van der Waals surface area contributed by atoms with E-state index in [-0.39, 0.29) is 5.60 Å². The zero-order chi connectivity index (χ0) is 13.9. The highest BCUT2D eigenvalue weighted by atomic mass is 16.5. The minimum atomic E-state index is 0.0601. The van der Waals surface area contributed by atoms with Crippen LogP contribution in [0.5, 0.6) is 0 Å². The Balaban J connectivity index is 2.21. The molecular weight excluding hydrogens is 238 g/mol. The standard InChI is InChI=1S/C15H27N3O/c1-5-15(6-2)10-13(8-9-19-15)18-11-12(4)17-14(18)16-7-3/h11,13H,5-10H2,1-4H3,(H,16,17). The normalized spacial score (nSPS) is 22.4. The van der Waals surface area contributed by atoms with Crippen molar-refractivity contribution in [2.75, 3.05) is 18.5 Å². The summed E-state index contributed by atoms with van der Waals surface area (Å²) in [5, 5.41) is 3.37. The van der Waals surface area contributed by atoms with Crippen molar-refractivity contribution < 1.29 is 4.74 Å². The van der Waals surface area contributed by atoms with Gasteiger partial charge in [0.25, 0.3) is 0 Å². The van der Waals surface area contributed by atoms with Crippen molar-refractivity contribution >= 4 is 5.95 Å². The summed E-state index contributed by atoms with van der Waals surface area (Å²) in [5.41, 5.74) is 1.14. The SMILES string of the molecule is CCNc1nc(C)cn1C1CCOC(CC)(CC)C1. The van der Waals surface area contributed by atoms with E-state index in [1.807, 2.05) is 0 Å². The van der Waals surface area contributed by atoms with Crippen molar-refractivity contribution in [2.24, 2.45) is 0 Å². The summed E-state index contributed by atoms with van der Waals surface area (Å²) in [6.07, 6.45) is 6.52. The zero-order valence-electron chi connectivity index (χ0n) is 12.7. The summed E-state index contributed by atoms with van der Waals surface area (Å²) in [4.78, 5) is 4.59. The van der Waals surface area contributed by atoms with Crippen LogP contribution in [-0.2, 0) is 4.74 Å². The first-order chi connectivity index (χ1) is 9.14. The highest BCUT2D eigenvalue weighted by molar-refractivity contribution is 5.29. The predicted molar refractivity (Wildman–Crippen MR) is 78.7 cm³/mol. The highest BCUT2D eigenvalue weighted by Gasteiger charge is 2.35. The minimum absolute atomic E-state index is 0.0601. The molecule has 1 aliphatic rings. The number of nitrogens with one attached hydrogen (secondary N) is 1. The first-order valence-electron chi connectivity index (χ1n) is 7.57. The number of ether oxygens (including phenoxy) is 1. The summed E-state index contributed by atoms with van der Waals surface area (Å²) in [6.45, 7) is 10.4. The average molecular weight is 265 g/mol. The largest absolute Gasteiger partial charge is 0.375 e. The second kappa shape index (κ2) is 5.95. The molecule has 19 heavy (non-hydrogen) atoms. The van der Waals surface area contributed by atoms with E-state index in [0.717, 1.165) is 50.5 Å². The lowest BCUT2D eigenvalue weighted by Gasteiger charge is -2.40. The van der Waals surface area contributed by atoms with E-state index in [4.69, 9.17) is 4.74 Å². The van der Waals surface area contributed by atoms with Gasteiger partial charge in [-0.15, -0.1) is 0 Å². The molecule has 4 heteroatoms. The summed E-state index contributed by atoms with van der Waals surface area (Å²) in [7, 11) is 0. The van der Waals surface area contributed by atoms with Crippen LogP contribution >= 0.6 is 0 Å². The van der Waals surface area contributed by atoms with Crippen molar-refractivity contribution in [3.63, 3.8) is 0 Å². The van der Waals surface area contributed by atoms with Gasteiger partial charge in [-0.3, -0.25) is 0 Å². The molecule has 1 fully saturated rings. The van der Waals surface area contributed by atoms with E-state index in [1.54, 1.807) is 0 Å². The number of imidazole rings is 1. The second-order valence-corrected chi connectivity index (χ2v) is 5.53. The van der Waals surface area contributed by atoms with Gasteiger partial charge < -0.3 is 14.6 Å². The number of aryl methyl sites for hydroxylation is 1. The van der Waals surface area contributed by atoms with Gasteiger partial charge in [0, 0.05) is 25.4 Å². The zero-order valence-corrected chi connectivity index (χ0v) is 12.7. The monoisotopic (exact) mass is 265 g/mol. The Morgan fingerprint density at radius 3 is 2.79 bits per heavy atom. The first kappa shape index (κ1) is 14.4. The molecule has 2 rings (SSSR count). The van der Waals surface area contributed by atoms with E-state index < -0.39 is 0 Å². The lowest BCUT2D eigenvalue weighted by atomic mass is 9.86. The number of hydrogen-bond acceptors (Lipinski definition) is 3. The Kier molecular flexibility index (Phi) is 4.50. The molecule has 1 aromatic heterocycles. The fraction of sp³-hybridized carbons (Fsp3) is 0.800. The molecule has 4 nitrogen and oxygen atoms in total. The fourth-order valence-corrected chi connectivity index (χ4v) is 3.07. The van der Waals surface area contributed by atoms with Gasteiger partial charge in [0.1, 0.15) is 0 Å². The van der Waals surface area contributed by atoms with Crippen molar-refractivity contribution in [3.8, 4) is 0 Å². The molecule has 2 heterocycles. The molecule has 0 bridgehead atoms. The second-order valence-electron chi connectivity index (χ2n) is 5.53. The van der Waals surface area contributed by atoms with E-state index in [2.05, 4.69) is 48.8 Å². The van der Waals surface area contributed by atoms with Crippen LogP contribution in [0.2, 0.25) is 0 Å². The maximum absolute atomic E-state index is 6.07. The van der Waals surface area contributed by atoms with E-state index >= 15 is 0 Å². The van der Waals surface area contributed by atoms with Crippen molar-refractivity contribution in [1.82, 2.24) is 9.55 Å². The number of anilines is 1. The third kappa shape index (κ3) is 2.94. The quantitative estimate of drug-likeness (QED) is 0.885. The number of hydrogen-bond donors (Lipinski definition) is 1. The molecule has 1 aromatic rings. The minimum Gasteiger partial charge on any atom is -0.375 e.